The Kier molecular flexibility index (Phi) is 7.03. The third kappa shape index (κ3) is 5.23. The Balaban J connectivity index is 1.36. The smallest absolute Gasteiger partial charge is 0.240 e. The number of thiocarbonyl (C=S) groups is 1. The lowest BCUT2D eigenvalue weighted by Crippen LogP contribution is -2.47. The molecule has 2 aliphatic rings. The summed E-state index contributed by atoms with van der Waals surface area (Å²) in [5, 5.41) is 3.25. The molecule has 3 amide bonds. The van der Waals surface area contributed by atoms with E-state index in [-0.39, 0.29) is 47.6 Å². The van der Waals surface area contributed by atoms with Gasteiger partial charge in [-0.1, -0.05) is 25.0 Å². The maximum atomic E-state index is 12.4. The van der Waals surface area contributed by atoms with E-state index in [9.17, 15) is 14.4 Å². The number of ether oxygens (including phenoxy) is 1. The summed E-state index contributed by atoms with van der Waals surface area (Å²) in [5.41, 5.74) is 6.13. The molecule has 8 nitrogen and oxygen atoms in total. The van der Waals surface area contributed by atoms with Crippen molar-refractivity contribution in [2.24, 2.45) is 11.8 Å². The van der Waals surface area contributed by atoms with Crippen molar-refractivity contribution in [3.63, 3.8) is 0 Å². The third-order valence-corrected chi connectivity index (χ3v) is 5.67. The lowest BCUT2D eigenvalue weighted by Gasteiger charge is -2.19. The molecule has 1 heterocycles. The number of rotatable bonds is 6. The van der Waals surface area contributed by atoms with Crippen molar-refractivity contribution in [2.75, 3.05) is 13.7 Å². The number of hydrogen-bond donors (Lipinski definition) is 3. The molecular formula is C20H26N4O4S. The first-order chi connectivity index (χ1) is 14.0. The van der Waals surface area contributed by atoms with Gasteiger partial charge in [0.2, 0.25) is 17.7 Å². The zero-order valence-electron chi connectivity index (χ0n) is 16.4. The molecule has 0 bridgehead atoms. The number of methoxy groups -OCH3 is 1. The number of amides is 3. The lowest BCUT2D eigenvalue weighted by molar-refractivity contribution is -0.140. The normalized spacial score (nSPS) is 20.8. The Labute approximate surface area is 175 Å². The van der Waals surface area contributed by atoms with Crippen LogP contribution in [0.2, 0.25) is 0 Å². The van der Waals surface area contributed by atoms with Crippen LogP contribution in [0, 0.1) is 11.8 Å². The minimum atomic E-state index is -0.339. The average Bonchev–Trinajstić information content (AvgIpc) is 2.99. The minimum Gasteiger partial charge on any atom is -0.497 e. The molecule has 0 spiro atoms. The first-order valence-electron chi connectivity index (χ1n) is 9.80. The Bertz CT molecular complexity index is 759. The highest BCUT2D eigenvalue weighted by molar-refractivity contribution is 7.80. The van der Waals surface area contributed by atoms with Crippen LogP contribution in [0.25, 0.3) is 0 Å². The van der Waals surface area contributed by atoms with Crippen LogP contribution < -0.4 is 20.9 Å². The van der Waals surface area contributed by atoms with Gasteiger partial charge in [-0.05, 0) is 42.8 Å². The Morgan fingerprint density at radius 3 is 2.31 bits per heavy atom. The molecule has 9 heteroatoms. The first-order valence-corrected chi connectivity index (χ1v) is 10.2. The number of hydrazine groups is 1. The molecule has 2 fully saturated rings. The second-order valence-electron chi connectivity index (χ2n) is 7.28. The summed E-state index contributed by atoms with van der Waals surface area (Å²) in [6, 6.07) is 7.53. The number of nitrogens with one attached hydrogen (secondary N) is 3. The molecule has 1 aromatic carbocycles. The first kappa shape index (κ1) is 21.0. The van der Waals surface area contributed by atoms with E-state index in [1.165, 1.54) is 4.90 Å². The molecular weight excluding hydrogens is 392 g/mol. The molecule has 1 saturated heterocycles. The van der Waals surface area contributed by atoms with Gasteiger partial charge in [0, 0.05) is 19.5 Å². The predicted molar refractivity (Wildman–Crippen MR) is 110 cm³/mol. The third-order valence-electron chi connectivity index (χ3n) is 5.42. The highest BCUT2D eigenvalue weighted by atomic mass is 32.1. The van der Waals surface area contributed by atoms with Gasteiger partial charge in [-0.25, -0.2) is 0 Å². The van der Waals surface area contributed by atoms with E-state index >= 15 is 0 Å². The predicted octanol–water partition coefficient (Wildman–Crippen LogP) is 1.26. The summed E-state index contributed by atoms with van der Waals surface area (Å²) in [6.07, 6.45) is 3.55. The Hall–Kier alpha value is -2.68. The van der Waals surface area contributed by atoms with Crippen molar-refractivity contribution in [1.82, 2.24) is 21.1 Å². The molecule has 0 radical (unpaired) electrons. The van der Waals surface area contributed by atoms with Crippen LogP contribution in [0.3, 0.4) is 0 Å². The van der Waals surface area contributed by atoms with E-state index in [0.717, 1.165) is 37.0 Å². The molecule has 1 saturated carbocycles. The van der Waals surface area contributed by atoms with Crippen molar-refractivity contribution in [1.29, 1.82) is 0 Å². The summed E-state index contributed by atoms with van der Waals surface area (Å²) in [6.45, 7) is 0.593. The second-order valence-corrected chi connectivity index (χ2v) is 7.69. The molecule has 0 unspecified atom stereocenters. The highest BCUT2D eigenvalue weighted by Gasteiger charge is 2.47. The van der Waals surface area contributed by atoms with Crippen LogP contribution in [0.1, 0.15) is 37.7 Å². The summed E-state index contributed by atoms with van der Waals surface area (Å²) >= 11 is 5.14. The molecule has 3 rings (SSSR count). The Morgan fingerprint density at radius 2 is 1.72 bits per heavy atom. The van der Waals surface area contributed by atoms with Crippen molar-refractivity contribution < 1.29 is 19.1 Å². The topological polar surface area (TPSA) is 99.8 Å². The lowest BCUT2D eigenvalue weighted by atomic mass is 9.81. The van der Waals surface area contributed by atoms with Crippen LogP contribution in [-0.2, 0) is 20.9 Å². The Morgan fingerprint density at radius 1 is 1.10 bits per heavy atom. The van der Waals surface area contributed by atoms with Crippen LogP contribution >= 0.6 is 12.2 Å². The van der Waals surface area contributed by atoms with E-state index < -0.39 is 0 Å². The van der Waals surface area contributed by atoms with Gasteiger partial charge in [0.1, 0.15) is 5.75 Å². The van der Waals surface area contributed by atoms with Gasteiger partial charge in [-0.3, -0.25) is 30.1 Å². The van der Waals surface area contributed by atoms with E-state index in [4.69, 9.17) is 17.0 Å². The monoisotopic (exact) mass is 418 g/mol. The summed E-state index contributed by atoms with van der Waals surface area (Å²) in [5.74, 6) is -0.196. The van der Waals surface area contributed by atoms with Crippen molar-refractivity contribution in [3.05, 3.63) is 29.8 Å². The van der Waals surface area contributed by atoms with Crippen LogP contribution in [0.5, 0.6) is 5.75 Å². The van der Waals surface area contributed by atoms with E-state index in [2.05, 4.69) is 16.2 Å². The van der Waals surface area contributed by atoms with Crippen LogP contribution in [-0.4, -0.2) is 41.4 Å². The number of benzene rings is 1. The summed E-state index contributed by atoms with van der Waals surface area (Å²) in [4.78, 5) is 38.1. The van der Waals surface area contributed by atoms with E-state index in [1.54, 1.807) is 7.11 Å². The molecule has 29 heavy (non-hydrogen) atoms. The van der Waals surface area contributed by atoms with Gasteiger partial charge in [-0.2, -0.15) is 0 Å². The zero-order chi connectivity index (χ0) is 20.8. The molecule has 0 aromatic heterocycles. The maximum Gasteiger partial charge on any atom is 0.240 e. The second kappa shape index (κ2) is 9.69. The number of fused-ring (bicyclic) bond motifs is 1. The maximum absolute atomic E-state index is 12.4. The zero-order valence-corrected chi connectivity index (χ0v) is 17.2. The molecule has 1 aliphatic heterocycles. The minimum absolute atomic E-state index is 0.0328. The summed E-state index contributed by atoms with van der Waals surface area (Å²) in [7, 11) is 1.61. The van der Waals surface area contributed by atoms with Gasteiger partial charge in [-0.15, -0.1) is 0 Å². The fraction of sp³-hybridized carbons (Fsp3) is 0.500. The van der Waals surface area contributed by atoms with Gasteiger partial charge < -0.3 is 10.1 Å². The molecule has 1 aliphatic carbocycles. The molecule has 3 N–H and O–H groups in total. The number of imide groups is 1. The largest absolute Gasteiger partial charge is 0.497 e. The number of carbonyl (C=O) groups is 3. The van der Waals surface area contributed by atoms with E-state index in [1.807, 2.05) is 24.3 Å². The number of carbonyl (C=O) groups excluding carboxylic acids is 3. The van der Waals surface area contributed by atoms with E-state index in [0.29, 0.717) is 6.54 Å². The van der Waals surface area contributed by atoms with Crippen molar-refractivity contribution in [3.8, 4) is 5.75 Å². The SMILES string of the molecule is COc1ccc(CNC(=S)NNC(=O)CCN2C(=O)[C@H]3CCCC[C@H]3C2=O)cc1. The standard InChI is InChI=1S/C20H26N4O4S/c1-28-14-8-6-13(7-9-14)12-21-20(29)23-22-17(25)10-11-24-18(26)15-4-2-3-5-16(15)19(24)27/h6-9,15-16H,2-5,10-12H2,1H3,(H,22,25)(H2,21,23,29)/t15-,16+. The quantitative estimate of drug-likeness (QED) is 0.363. The fourth-order valence-electron chi connectivity index (χ4n) is 3.82. The van der Waals surface area contributed by atoms with Gasteiger partial charge in [0.25, 0.3) is 0 Å². The molecule has 2 atom stereocenters. The van der Waals surface area contributed by atoms with Gasteiger partial charge >= 0.3 is 0 Å². The molecule has 156 valence electrons. The van der Waals surface area contributed by atoms with Crippen LogP contribution in [0.4, 0.5) is 0 Å². The van der Waals surface area contributed by atoms with Crippen molar-refractivity contribution >= 4 is 35.1 Å². The van der Waals surface area contributed by atoms with Gasteiger partial charge in [0.15, 0.2) is 5.11 Å². The number of likely N-dealkylation sites (tertiary alicyclic amines) is 1. The average molecular weight is 419 g/mol. The number of hydrogen-bond acceptors (Lipinski definition) is 5. The van der Waals surface area contributed by atoms with Crippen LogP contribution in [0.15, 0.2) is 24.3 Å². The highest BCUT2D eigenvalue weighted by Crippen LogP contribution is 2.37. The molecule has 1 aromatic rings. The van der Waals surface area contributed by atoms with Gasteiger partial charge in [0.05, 0.1) is 18.9 Å². The number of nitrogens with zero attached hydrogens (tertiary/aromatic N) is 1. The summed E-state index contributed by atoms with van der Waals surface area (Å²) < 4.78 is 5.11. The fourth-order valence-corrected chi connectivity index (χ4v) is 3.95. The van der Waals surface area contributed by atoms with Crippen molar-refractivity contribution in [2.45, 2.75) is 38.6 Å².